The second-order valence-electron chi connectivity index (χ2n) is 9.35. The Bertz CT molecular complexity index is 1120. The zero-order valence-corrected chi connectivity index (χ0v) is 23.1. The van der Waals surface area contributed by atoms with E-state index in [0.29, 0.717) is 30.0 Å². The highest BCUT2D eigenvalue weighted by atomic mass is 32.2. The van der Waals surface area contributed by atoms with Gasteiger partial charge in [-0.1, -0.05) is 32.9 Å². The van der Waals surface area contributed by atoms with Gasteiger partial charge < -0.3 is 15.0 Å². The van der Waals surface area contributed by atoms with E-state index in [1.54, 1.807) is 36.4 Å². The Kier molecular flexibility index (Phi) is 11.4. The molecular formula is C27H38FN3O5S. The summed E-state index contributed by atoms with van der Waals surface area (Å²) in [5.41, 5.74) is 1.17. The molecule has 1 atom stereocenters. The van der Waals surface area contributed by atoms with Crippen molar-refractivity contribution < 1.29 is 27.1 Å². The molecule has 0 aliphatic rings. The zero-order chi connectivity index (χ0) is 27.6. The van der Waals surface area contributed by atoms with Crippen LogP contribution in [0.4, 0.5) is 10.1 Å². The molecule has 0 heterocycles. The lowest BCUT2D eigenvalue weighted by Gasteiger charge is -2.31. The fourth-order valence-electron chi connectivity index (χ4n) is 3.88. The number of ether oxygens (including phenoxy) is 1. The van der Waals surface area contributed by atoms with Crippen molar-refractivity contribution in [1.29, 1.82) is 0 Å². The average Bonchev–Trinajstić information content (AvgIpc) is 2.85. The smallest absolute Gasteiger partial charge is 0.242 e. The van der Waals surface area contributed by atoms with Crippen LogP contribution in [0, 0.1) is 11.7 Å². The Labute approximate surface area is 219 Å². The van der Waals surface area contributed by atoms with Crippen molar-refractivity contribution in [3.63, 3.8) is 0 Å². The third-order valence-electron chi connectivity index (χ3n) is 5.85. The number of amides is 2. The number of sulfonamides is 1. The Hall–Kier alpha value is -3.14. The van der Waals surface area contributed by atoms with Crippen LogP contribution in [-0.2, 0) is 26.2 Å². The van der Waals surface area contributed by atoms with Crippen LogP contribution >= 0.6 is 0 Å². The number of nitrogens with one attached hydrogen (secondary N) is 1. The molecule has 2 rings (SSSR count). The molecule has 0 fully saturated rings. The predicted octanol–water partition coefficient (Wildman–Crippen LogP) is 3.96. The minimum atomic E-state index is -3.59. The Morgan fingerprint density at radius 1 is 1.05 bits per heavy atom. The topological polar surface area (TPSA) is 96.0 Å². The lowest BCUT2D eigenvalue weighted by molar-refractivity contribution is -0.141. The second kappa shape index (κ2) is 14.0. The Balaban J connectivity index is 2.19. The van der Waals surface area contributed by atoms with Gasteiger partial charge in [-0.05, 0) is 60.7 Å². The SMILES string of the molecule is CCC(C(=O)NCC(C)C)N(Cc1ccc(F)cc1)C(=O)CCCN(c1ccc(OC)cc1)S(C)(=O)=O. The minimum Gasteiger partial charge on any atom is -0.497 e. The number of anilines is 1. The number of methoxy groups -OCH3 is 1. The van der Waals surface area contributed by atoms with Gasteiger partial charge in [0.25, 0.3) is 0 Å². The summed E-state index contributed by atoms with van der Waals surface area (Å²) in [4.78, 5) is 27.9. The summed E-state index contributed by atoms with van der Waals surface area (Å²) in [5.74, 6) is -0.0581. The molecule has 0 saturated carbocycles. The number of halogens is 1. The molecule has 10 heteroatoms. The molecule has 0 bridgehead atoms. The van der Waals surface area contributed by atoms with Gasteiger partial charge in [-0.15, -0.1) is 0 Å². The van der Waals surface area contributed by atoms with Crippen molar-refractivity contribution in [3.05, 3.63) is 59.9 Å². The predicted molar refractivity (Wildman–Crippen MR) is 143 cm³/mol. The van der Waals surface area contributed by atoms with Gasteiger partial charge in [0.05, 0.1) is 19.1 Å². The lowest BCUT2D eigenvalue weighted by Crippen LogP contribution is -2.49. The molecule has 2 aromatic carbocycles. The summed E-state index contributed by atoms with van der Waals surface area (Å²) in [6.07, 6.45) is 1.81. The molecule has 0 saturated heterocycles. The number of carbonyl (C=O) groups excluding carboxylic acids is 2. The van der Waals surface area contributed by atoms with Crippen molar-refractivity contribution >= 4 is 27.5 Å². The van der Waals surface area contributed by atoms with Crippen LogP contribution in [0.15, 0.2) is 48.5 Å². The molecule has 0 radical (unpaired) electrons. The zero-order valence-electron chi connectivity index (χ0n) is 22.2. The van der Waals surface area contributed by atoms with Crippen molar-refractivity contribution in [2.75, 3.05) is 30.8 Å². The molecule has 0 spiro atoms. The van der Waals surface area contributed by atoms with Gasteiger partial charge in [0.1, 0.15) is 17.6 Å². The van der Waals surface area contributed by atoms with E-state index in [0.717, 1.165) is 6.26 Å². The summed E-state index contributed by atoms with van der Waals surface area (Å²) in [6.45, 7) is 6.52. The molecule has 1 unspecified atom stereocenters. The van der Waals surface area contributed by atoms with E-state index >= 15 is 0 Å². The number of benzene rings is 2. The average molecular weight is 536 g/mol. The highest BCUT2D eigenvalue weighted by Crippen LogP contribution is 2.22. The standard InChI is InChI=1S/C27H38FN3O5S/c1-6-25(27(33)29-18-20(2)3)30(19-21-9-11-22(28)12-10-21)26(32)8-7-17-31(37(5,34)35)23-13-15-24(36-4)16-14-23/h9-16,20,25H,6-8,17-19H2,1-5H3,(H,29,33). The highest BCUT2D eigenvalue weighted by molar-refractivity contribution is 7.92. The Morgan fingerprint density at radius 3 is 2.19 bits per heavy atom. The molecule has 0 aromatic heterocycles. The number of rotatable bonds is 14. The largest absolute Gasteiger partial charge is 0.497 e. The summed E-state index contributed by atoms with van der Waals surface area (Å²) in [6, 6.07) is 11.7. The van der Waals surface area contributed by atoms with Crippen LogP contribution < -0.4 is 14.4 Å². The van der Waals surface area contributed by atoms with Gasteiger partial charge in [-0.3, -0.25) is 13.9 Å². The fourth-order valence-corrected chi connectivity index (χ4v) is 4.85. The third-order valence-corrected chi connectivity index (χ3v) is 7.04. The van der Waals surface area contributed by atoms with E-state index in [9.17, 15) is 22.4 Å². The first-order valence-corrected chi connectivity index (χ1v) is 14.2. The van der Waals surface area contributed by atoms with Crippen molar-refractivity contribution in [3.8, 4) is 5.75 Å². The number of hydrogen-bond donors (Lipinski definition) is 1. The van der Waals surface area contributed by atoms with Crippen LogP contribution in [0.2, 0.25) is 0 Å². The van der Waals surface area contributed by atoms with Gasteiger partial charge in [-0.2, -0.15) is 0 Å². The molecule has 204 valence electrons. The van der Waals surface area contributed by atoms with E-state index < -0.39 is 16.1 Å². The van der Waals surface area contributed by atoms with Crippen LogP contribution in [0.5, 0.6) is 5.75 Å². The minimum absolute atomic E-state index is 0.0390. The van der Waals surface area contributed by atoms with Crippen molar-refractivity contribution in [2.45, 2.75) is 52.6 Å². The van der Waals surface area contributed by atoms with E-state index in [2.05, 4.69) is 5.32 Å². The van der Waals surface area contributed by atoms with Crippen LogP contribution in [0.25, 0.3) is 0 Å². The van der Waals surface area contributed by atoms with E-state index in [1.807, 2.05) is 20.8 Å². The highest BCUT2D eigenvalue weighted by Gasteiger charge is 2.29. The van der Waals surface area contributed by atoms with Gasteiger partial charge in [0.2, 0.25) is 21.8 Å². The summed E-state index contributed by atoms with van der Waals surface area (Å²) in [5, 5.41) is 2.90. The maximum absolute atomic E-state index is 13.4. The van der Waals surface area contributed by atoms with E-state index in [-0.39, 0.29) is 49.5 Å². The number of hydrogen-bond acceptors (Lipinski definition) is 5. The maximum Gasteiger partial charge on any atom is 0.242 e. The first-order chi connectivity index (χ1) is 17.5. The van der Waals surface area contributed by atoms with Crippen molar-refractivity contribution in [1.82, 2.24) is 10.2 Å². The van der Waals surface area contributed by atoms with Crippen LogP contribution in [0.3, 0.4) is 0 Å². The van der Waals surface area contributed by atoms with Crippen LogP contribution in [-0.4, -0.2) is 57.6 Å². The first kappa shape index (κ1) is 30.1. The lowest BCUT2D eigenvalue weighted by atomic mass is 10.1. The van der Waals surface area contributed by atoms with Gasteiger partial charge in [0.15, 0.2) is 0 Å². The first-order valence-electron chi connectivity index (χ1n) is 12.4. The maximum atomic E-state index is 13.4. The quantitative estimate of drug-likeness (QED) is 0.395. The molecule has 0 aliphatic carbocycles. The number of carbonyl (C=O) groups is 2. The molecule has 0 aliphatic heterocycles. The van der Waals surface area contributed by atoms with E-state index in [4.69, 9.17) is 4.74 Å². The molecule has 1 N–H and O–H groups in total. The molecule has 8 nitrogen and oxygen atoms in total. The monoisotopic (exact) mass is 535 g/mol. The summed E-state index contributed by atoms with van der Waals surface area (Å²) >= 11 is 0. The van der Waals surface area contributed by atoms with Crippen molar-refractivity contribution in [2.24, 2.45) is 5.92 Å². The molecule has 37 heavy (non-hydrogen) atoms. The summed E-state index contributed by atoms with van der Waals surface area (Å²) in [7, 11) is -2.06. The second-order valence-corrected chi connectivity index (χ2v) is 11.3. The Morgan fingerprint density at radius 2 is 1.68 bits per heavy atom. The number of nitrogens with zero attached hydrogens (tertiary/aromatic N) is 2. The van der Waals surface area contributed by atoms with Gasteiger partial charge in [0, 0.05) is 26.1 Å². The third kappa shape index (κ3) is 9.35. The van der Waals surface area contributed by atoms with Crippen LogP contribution in [0.1, 0.15) is 45.6 Å². The molecule has 2 amide bonds. The normalized spacial score (nSPS) is 12.2. The summed E-state index contributed by atoms with van der Waals surface area (Å²) < 4.78 is 44.7. The van der Waals surface area contributed by atoms with Gasteiger partial charge >= 0.3 is 0 Å². The van der Waals surface area contributed by atoms with Gasteiger partial charge in [-0.25, -0.2) is 12.8 Å². The fraction of sp³-hybridized carbons (Fsp3) is 0.481. The molecule has 2 aromatic rings. The molecular weight excluding hydrogens is 497 g/mol. The van der Waals surface area contributed by atoms with E-state index in [1.165, 1.54) is 28.4 Å².